The summed E-state index contributed by atoms with van der Waals surface area (Å²) in [5.74, 6) is 0.150. The maximum absolute atomic E-state index is 11.5. The van der Waals surface area contributed by atoms with Crippen molar-refractivity contribution in [2.75, 3.05) is 30.4 Å². The van der Waals surface area contributed by atoms with Crippen LogP contribution < -0.4 is 10.2 Å². The zero-order chi connectivity index (χ0) is 12.3. The highest BCUT2D eigenvalue weighted by Gasteiger charge is 2.23. The first-order valence-corrected chi connectivity index (χ1v) is 5.96. The van der Waals surface area contributed by atoms with Crippen LogP contribution in [-0.4, -0.2) is 31.2 Å². The van der Waals surface area contributed by atoms with Crippen LogP contribution in [0.25, 0.3) is 0 Å². The summed E-state index contributed by atoms with van der Waals surface area (Å²) < 4.78 is 0. The minimum atomic E-state index is 0.150. The molecule has 92 valence electrons. The van der Waals surface area contributed by atoms with Crippen molar-refractivity contribution >= 4 is 17.3 Å². The summed E-state index contributed by atoms with van der Waals surface area (Å²) in [4.78, 5) is 13.2. The SMILES string of the molecule is CN1C(=O)Cc2cc(NCCCCO)ccc21. The summed E-state index contributed by atoms with van der Waals surface area (Å²) in [5, 5.41) is 12.0. The van der Waals surface area contributed by atoms with Gasteiger partial charge in [0.25, 0.3) is 0 Å². The zero-order valence-electron chi connectivity index (χ0n) is 10.1. The van der Waals surface area contributed by atoms with Gasteiger partial charge in [0.05, 0.1) is 6.42 Å². The smallest absolute Gasteiger partial charge is 0.231 e. The number of unbranched alkanes of at least 4 members (excludes halogenated alkanes) is 1. The maximum Gasteiger partial charge on any atom is 0.231 e. The number of hydrogen-bond acceptors (Lipinski definition) is 3. The molecule has 0 radical (unpaired) electrons. The first-order chi connectivity index (χ1) is 8.22. The number of carbonyl (C=O) groups excluding carboxylic acids is 1. The van der Waals surface area contributed by atoms with E-state index < -0.39 is 0 Å². The number of hydrogen-bond donors (Lipinski definition) is 2. The molecule has 0 unspecified atom stereocenters. The highest BCUT2D eigenvalue weighted by atomic mass is 16.2. The number of fused-ring (bicyclic) bond motifs is 1. The molecule has 0 aliphatic carbocycles. The minimum absolute atomic E-state index is 0.150. The lowest BCUT2D eigenvalue weighted by molar-refractivity contribution is -0.117. The van der Waals surface area contributed by atoms with Gasteiger partial charge < -0.3 is 15.3 Å². The fraction of sp³-hybridized carbons (Fsp3) is 0.462. The van der Waals surface area contributed by atoms with Crippen molar-refractivity contribution < 1.29 is 9.90 Å². The highest BCUT2D eigenvalue weighted by Crippen LogP contribution is 2.29. The van der Waals surface area contributed by atoms with Gasteiger partial charge in [-0.05, 0) is 36.6 Å². The Hall–Kier alpha value is -1.55. The summed E-state index contributed by atoms with van der Waals surface area (Å²) in [5.41, 5.74) is 3.14. The van der Waals surface area contributed by atoms with E-state index in [4.69, 9.17) is 5.11 Å². The molecule has 2 rings (SSSR count). The Kier molecular flexibility index (Phi) is 3.64. The number of rotatable bonds is 5. The van der Waals surface area contributed by atoms with Crippen LogP contribution in [0.15, 0.2) is 18.2 Å². The second kappa shape index (κ2) is 5.19. The van der Waals surface area contributed by atoms with E-state index in [9.17, 15) is 4.79 Å². The molecule has 0 saturated carbocycles. The first-order valence-electron chi connectivity index (χ1n) is 5.96. The van der Waals surface area contributed by atoms with Gasteiger partial charge in [-0.1, -0.05) is 0 Å². The third-order valence-corrected chi connectivity index (χ3v) is 3.07. The average Bonchev–Trinajstić information content (AvgIpc) is 2.61. The van der Waals surface area contributed by atoms with Gasteiger partial charge in [-0.3, -0.25) is 4.79 Å². The first kappa shape index (κ1) is 11.9. The second-order valence-electron chi connectivity index (χ2n) is 4.33. The predicted molar refractivity (Wildman–Crippen MR) is 68.4 cm³/mol. The van der Waals surface area contributed by atoms with Gasteiger partial charge in [-0.25, -0.2) is 0 Å². The Morgan fingerprint density at radius 2 is 2.24 bits per heavy atom. The Bertz CT molecular complexity index is 418. The molecule has 0 aromatic heterocycles. The minimum Gasteiger partial charge on any atom is -0.396 e. The van der Waals surface area contributed by atoms with Crippen LogP contribution in [0.1, 0.15) is 18.4 Å². The molecule has 0 saturated heterocycles. The molecule has 1 aliphatic rings. The molecule has 0 bridgehead atoms. The number of aliphatic hydroxyl groups is 1. The third-order valence-electron chi connectivity index (χ3n) is 3.07. The van der Waals surface area contributed by atoms with Gasteiger partial charge in [0.2, 0.25) is 5.91 Å². The number of aliphatic hydroxyl groups excluding tert-OH is 1. The van der Waals surface area contributed by atoms with Gasteiger partial charge in [-0.15, -0.1) is 0 Å². The number of likely N-dealkylation sites (N-methyl/N-ethyl adjacent to an activating group) is 1. The molecular weight excluding hydrogens is 216 g/mol. The van der Waals surface area contributed by atoms with Crippen molar-refractivity contribution in [1.29, 1.82) is 0 Å². The average molecular weight is 234 g/mol. The number of nitrogens with one attached hydrogen (secondary N) is 1. The van der Waals surface area contributed by atoms with Gasteiger partial charge in [0.15, 0.2) is 0 Å². The van der Waals surface area contributed by atoms with Crippen molar-refractivity contribution in [2.24, 2.45) is 0 Å². The van der Waals surface area contributed by atoms with Crippen LogP contribution in [0, 0.1) is 0 Å². The Balaban J connectivity index is 1.98. The Morgan fingerprint density at radius 3 is 3.00 bits per heavy atom. The molecule has 1 aromatic rings. The number of anilines is 2. The van der Waals surface area contributed by atoms with Crippen molar-refractivity contribution in [3.05, 3.63) is 23.8 Å². The summed E-state index contributed by atoms with van der Waals surface area (Å²) in [6.45, 7) is 1.09. The van der Waals surface area contributed by atoms with Crippen molar-refractivity contribution in [1.82, 2.24) is 0 Å². The lowest BCUT2D eigenvalue weighted by Gasteiger charge is -2.11. The molecular formula is C13H18N2O2. The van der Waals surface area contributed by atoms with Crippen LogP contribution in [0.2, 0.25) is 0 Å². The van der Waals surface area contributed by atoms with Gasteiger partial charge in [0.1, 0.15) is 0 Å². The summed E-state index contributed by atoms with van der Waals surface area (Å²) in [6, 6.07) is 6.01. The quantitative estimate of drug-likeness (QED) is 0.757. The van der Waals surface area contributed by atoms with E-state index in [-0.39, 0.29) is 12.5 Å². The number of amides is 1. The van der Waals surface area contributed by atoms with E-state index >= 15 is 0 Å². The van der Waals surface area contributed by atoms with Crippen molar-refractivity contribution in [3.63, 3.8) is 0 Å². The summed E-state index contributed by atoms with van der Waals surface area (Å²) >= 11 is 0. The number of carbonyl (C=O) groups is 1. The number of nitrogens with zero attached hydrogens (tertiary/aromatic N) is 1. The highest BCUT2D eigenvalue weighted by molar-refractivity contribution is 6.01. The molecule has 4 heteroatoms. The van der Waals surface area contributed by atoms with E-state index in [1.807, 2.05) is 25.2 Å². The molecule has 1 heterocycles. The molecule has 0 spiro atoms. The van der Waals surface area contributed by atoms with Gasteiger partial charge in [0, 0.05) is 31.6 Å². The predicted octanol–water partition coefficient (Wildman–Crippen LogP) is 1.39. The van der Waals surface area contributed by atoms with Crippen LogP contribution >= 0.6 is 0 Å². The molecule has 0 atom stereocenters. The zero-order valence-corrected chi connectivity index (χ0v) is 10.1. The van der Waals surface area contributed by atoms with Crippen LogP contribution in [-0.2, 0) is 11.2 Å². The van der Waals surface area contributed by atoms with Gasteiger partial charge in [-0.2, -0.15) is 0 Å². The van der Waals surface area contributed by atoms with E-state index in [1.54, 1.807) is 4.90 Å². The molecule has 2 N–H and O–H groups in total. The van der Waals surface area contributed by atoms with E-state index in [2.05, 4.69) is 5.32 Å². The standard InChI is InChI=1S/C13H18N2O2/c1-15-12-5-4-11(14-6-2-3-7-16)8-10(12)9-13(15)17/h4-5,8,14,16H,2-3,6-7,9H2,1H3. The molecule has 0 fully saturated rings. The molecule has 17 heavy (non-hydrogen) atoms. The molecule has 1 aromatic carbocycles. The van der Waals surface area contributed by atoms with Crippen molar-refractivity contribution in [2.45, 2.75) is 19.3 Å². The van der Waals surface area contributed by atoms with Crippen molar-refractivity contribution in [3.8, 4) is 0 Å². The topological polar surface area (TPSA) is 52.6 Å². The maximum atomic E-state index is 11.5. The van der Waals surface area contributed by atoms with Crippen LogP contribution in [0.5, 0.6) is 0 Å². The molecule has 1 amide bonds. The van der Waals surface area contributed by atoms with Gasteiger partial charge >= 0.3 is 0 Å². The van der Waals surface area contributed by atoms with E-state index in [0.717, 1.165) is 36.3 Å². The fourth-order valence-corrected chi connectivity index (χ4v) is 2.05. The molecule has 4 nitrogen and oxygen atoms in total. The van der Waals surface area contributed by atoms with Crippen LogP contribution in [0.4, 0.5) is 11.4 Å². The largest absolute Gasteiger partial charge is 0.396 e. The molecule has 1 aliphatic heterocycles. The van der Waals surface area contributed by atoms with E-state index in [0.29, 0.717) is 6.42 Å². The van der Waals surface area contributed by atoms with E-state index in [1.165, 1.54) is 0 Å². The Labute approximate surface area is 101 Å². The third kappa shape index (κ3) is 2.58. The summed E-state index contributed by atoms with van der Waals surface area (Å²) in [6.07, 6.45) is 2.27. The van der Waals surface area contributed by atoms with Crippen LogP contribution in [0.3, 0.4) is 0 Å². The monoisotopic (exact) mass is 234 g/mol. The lowest BCUT2D eigenvalue weighted by Crippen LogP contribution is -2.20. The lowest BCUT2D eigenvalue weighted by atomic mass is 10.1. The number of benzene rings is 1. The normalized spacial score (nSPS) is 14.0. The Morgan fingerprint density at radius 1 is 1.41 bits per heavy atom. The second-order valence-corrected chi connectivity index (χ2v) is 4.33. The fourth-order valence-electron chi connectivity index (χ4n) is 2.05. The summed E-state index contributed by atoms with van der Waals surface area (Å²) in [7, 11) is 1.81.